The third-order valence-corrected chi connectivity index (χ3v) is 3.21. The van der Waals surface area contributed by atoms with E-state index in [0.717, 1.165) is 17.8 Å². The lowest BCUT2D eigenvalue weighted by atomic mass is 10.1. The Balaban J connectivity index is 2.35. The van der Waals surface area contributed by atoms with Gasteiger partial charge >= 0.3 is 0 Å². The predicted molar refractivity (Wildman–Crippen MR) is 70.4 cm³/mol. The summed E-state index contributed by atoms with van der Waals surface area (Å²) in [4.78, 5) is 4.27. The highest BCUT2D eigenvalue weighted by atomic mass is 35.5. The molecule has 1 aromatic heterocycles. The van der Waals surface area contributed by atoms with Crippen molar-refractivity contribution < 1.29 is 0 Å². The van der Waals surface area contributed by atoms with Crippen molar-refractivity contribution in [1.29, 1.82) is 0 Å². The summed E-state index contributed by atoms with van der Waals surface area (Å²) in [5.74, 6) is 0. The van der Waals surface area contributed by atoms with Crippen molar-refractivity contribution in [3.63, 3.8) is 0 Å². The highest BCUT2D eigenvalue weighted by Gasteiger charge is 2.15. The van der Waals surface area contributed by atoms with Gasteiger partial charge in [0.1, 0.15) is 0 Å². The molecule has 0 aliphatic carbocycles. The van der Waals surface area contributed by atoms with Gasteiger partial charge in [-0.25, -0.2) is 4.98 Å². The molecule has 1 atom stereocenters. The van der Waals surface area contributed by atoms with E-state index in [1.54, 1.807) is 24.5 Å². The monoisotopic (exact) mass is 269 g/mol. The van der Waals surface area contributed by atoms with E-state index in [4.69, 9.17) is 28.9 Å². The summed E-state index contributed by atoms with van der Waals surface area (Å²) < 4.78 is 1.97. The lowest BCUT2D eigenvalue weighted by Crippen LogP contribution is -2.12. The molecule has 3 nitrogen and oxygen atoms in total. The summed E-state index contributed by atoms with van der Waals surface area (Å²) in [6, 6.07) is 4.91. The molecule has 2 rings (SSSR count). The number of benzene rings is 1. The second-order valence-corrected chi connectivity index (χ2v) is 4.62. The Morgan fingerprint density at radius 3 is 2.82 bits per heavy atom. The maximum atomic E-state index is 6.14. The first kappa shape index (κ1) is 12.4. The topological polar surface area (TPSA) is 43.8 Å². The summed E-state index contributed by atoms with van der Waals surface area (Å²) in [7, 11) is 0. The quantitative estimate of drug-likeness (QED) is 0.930. The van der Waals surface area contributed by atoms with Crippen LogP contribution in [-0.2, 0) is 6.54 Å². The Kier molecular flexibility index (Phi) is 3.72. The zero-order chi connectivity index (χ0) is 12.4. The minimum atomic E-state index is -0.353. The Morgan fingerprint density at radius 2 is 2.18 bits per heavy atom. The molecule has 5 heteroatoms. The standard InChI is InChI=1S/C12H13Cl2N3/c1-2-17-6-11(16-7-17)12(15)9-5-8(13)3-4-10(9)14/h3-7,12H,2,15H2,1H3. The molecule has 90 valence electrons. The summed E-state index contributed by atoms with van der Waals surface area (Å²) >= 11 is 12.0. The minimum Gasteiger partial charge on any atom is -0.337 e. The largest absolute Gasteiger partial charge is 0.337 e. The average molecular weight is 270 g/mol. The fraction of sp³-hybridized carbons (Fsp3) is 0.250. The number of rotatable bonds is 3. The summed E-state index contributed by atoms with van der Waals surface area (Å²) in [5, 5.41) is 1.22. The van der Waals surface area contributed by atoms with Crippen LogP contribution in [0.3, 0.4) is 0 Å². The summed E-state index contributed by atoms with van der Waals surface area (Å²) in [6.07, 6.45) is 3.68. The number of halogens is 2. The van der Waals surface area contributed by atoms with Crippen molar-refractivity contribution in [2.45, 2.75) is 19.5 Å². The lowest BCUT2D eigenvalue weighted by molar-refractivity contribution is 0.757. The molecule has 0 bridgehead atoms. The van der Waals surface area contributed by atoms with E-state index in [0.29, 0.717) is 10.0 Å². The number of nitrogens with two attached hydrogens (primary N) is 1. The molecule has 0 aliphatic rings. The Hall–Kier alpha value is -1.03. The van der Waals surface area contributed by atoms with E-state index < -0.39 is 0 Å². The normalized spacial score (nSPS) is 12.7. The van der Waals surface area contributed by atoms with Gasteiger partial charge in [0, 0.05) is 22.8 Å². The van der Waals surface area contributed by atoms with Crippen molar-refractivity contribution in [3.05, 3.63) is 52.0 Å². The van der Waals surface area contributed by atoms with Crippen LogP contribution in [0.15, 0.2) is 30.7 Å². The number of hydrogen-bond acceptors (Lipinski definition) is 2. The second-order valence-electron chi connectivity index (χ2n) is 3.77. The third-order valence-electron chi connectivity index (χ3n) is 2.63. The molecule has 1 heterocycles. The maximum absolute atomic E-state index is 6.14. The first-order chi connectivity index (χ1) is 8.11. The van der Waals surface area contributed by atoms with Gasteiger partial charge in [0.25, 0.3) is 0 Å². The summed E-state index contributed by atoms with van der Waals surface area (Å²) in [5.41, 5.74) is 7.72. The molecule has 0 saturated heterocycles. The van der Waals surface area contributed by atoms with E-state index in [1.807, 2.05) is 17.7 Å². The highest BCUT2D eigenvalue weighted by Crippen LogP contribution is 2.28. The minimum absolute atomic E-state index is 0.353. The van der Waals surface area contributed by atoms with Gasteiger partial charge in [0.05, 0.1) is 18.1 Å². The van der Waals surface area contributed by atoms with Crippen molar-refractivity contribution in [2.75, 3.05) is 0 Å². The van der Waals surface area contributed by atoms with E-state index >= 15 is 0 Å². The number of imidazole rings is 1. The molecular weight excluding hydrogens is 257 g/mol. The van der Waals surface area contributed by atoms with E-state index in [1.165, 1.54) is 0 Å². The molecule has 0 aliphatic heterocycles. The van der Waals surface area contributed by atoms with Gasteiger partial charge in [-0.15, -0.1) is 0 Å². The van der Waals surface area contributed by atoms with Crippen LogP contribution in [-0.4, -0.2) is 9.55 Å². The van der Waals surface area contributed by atoms with Crippen LogP contribution >= 0.6 is 23.2 Å². The van der Waals surface area contributed by atoms with Crippen LogP contribution in [0.1, 0.15) is 24.2 Å². The van der Waals surface area contributed by atoms with Gasteiger partial charge < -0.3 is 10.3 Å². The highest BCUT2D eigenvalue weighted by molar-refractivity contribution is 6.33. The molecule has 2 aromatic rings. The Bertz CT molecular complexity index is 522. The van der Waals surface area contributed by atoms with Crippen LogP contribution in [0.25, 0.3) is 0 Å². The van der Waals surface area contributed by atoms with Gasteiger partial charge in [-0.3, -0.25) is 0 Å². The molecule has 17 heavy (non-hydrogen) atoms. The van der Waals surface area contributed by atoms with Gasteiger partial charge in [-0.1, -0.05) is 23.2 Å². The lowest BCUT2D eigenvalue weighted by Gasteiger charge is -2.11. The molecule has 1 aromatic carbocycles. The van der Waals surface area contributed by atoms with Crippen LogP contribution in [0.4, 0.5) is 0 Å². The van der Waals surface area contributed by atoms with Crippen molar-refractivity contribution in [3.8, 4) is 0 Å². The Labute approximate surface area is 110 Å². The van der Waals surface area contributed by atoms with Gasteiger partial charge in [-0.2, -0.15) is 0 Å². The molecule has 1 unspecified atom stereocenters. The maximum Gasteiger partial charge on any atom is 0.0950 e. The smallest absolute Gasteiger partial charge is 0.0950 e. The van der Waals surface area contributed by atoms with Crippen molar-refractivity contribution in [2.24, 2.45) is 5.73 Å². The molecule has 0 radical (unpaired) electrons. The molecule has 0 saturated carbocycles. The van der Waals surface area contributed by atoms with Crippen LogP contribution in [0.2, 0.25) is 10.0 Å². The second kappa shape index (κ2) is 5.08. The summed E-state index contributed by atoms with van der Waals surface area (Å²) in [6.45, 7) is 2.91. The number of aryl methyl sites for hydroxylation is 1. The first-order valence-electron chi connectivity index (χ1n) is 5.34. The average Bonchev–Trinajstić information content (AvgIpc) is 2.80. The fourth-order valence-electron chi connectivity index (χ4n) is 1.62. The fourth-order valence-corrected chi connectivity index (χ4v) is 2.04. The third kappa shape index (κ3) is 2.63. The van der Waals surface area contributed by atoms with E-state index in [-0.39, 0.29) is 6.04 Å². The molecule has 0 amide bonds. The van der Waals surface area contributed by atoms with E-state index in [9.17, 15) is 0 Å². The van der Waals surface area contributed by atoms with Crippen LogP contribution in [0.5, 0.6) is 0 Å². The van der Waals surface area contributed by atoms with Gasteiger partial charge in [0.2, 0.25) is 0 Å². The van der Waals surface area contributed by atoms with Crippen molar-refractivity contribution >= 4 is 23.2 Å². The molecular formula is C12H13Cl2N3. The zero-order valence-corrected chi connectivity index (χ0v) is 10.9. The van der Waals surface area contributed by atoms with Crippen molar-refractivity contribution in [1.82, 2.24) is 9.55 Å². The molecule has 0 spiro atoms. The molecule has 2 N–H and O–H groups in total. The Morgan fingerprint density at radius 1 is 1.41 bits per heavy atom. The van der Waals surface area contributed by atoms with Gasteiger partial charge in [-0.05, 0) is 30.7 Å². The predicted octanol–water partition coefficient (Wildman–Crippen LogP) is 3.26. The SMILES string of the molecule is CCn1cnc(C(N)c2cc(Cl)ccc2Cl)c1. The first-order valence-corrected chi connectivity index (χ1v) is 6.09. The van der Waals surface area contributed by atoms with Gasteiger partial charge in [0.15, 0.2) is 0 Å². The number of nitrogens with zero attached hydrogens (tertiary/aromatic N) is 2. The number of hydrogen-bond donors (Lipinski definition) is 1. The van der Waals surface area contributed by atoms with E-state index in [2.05, 4.69) is 4.98 Å². The molecule has 0 fully saturated rings. The number of aromatic nitrogens is 2. The van der Waals surface area contributed by atoms with Crippen LogP contribution in [0, 0.1) is 0 Å². The van der Waals surface area contributed by atoms with Crippen LogP contribution < -0.4 is 5.73 Å². The zero-order valence-electron chi connectivity index (χ0n) is 9.40.